The molecular formula is C8H12N2O3. The molecule has 1 aliphatic rings. The number of hydrogen-bond acceptors (Lipinski definition) is 3. The van der Waals surface area contributed by atoms with Gasteiger partial charge < -0.3 is 15.7 Å². The topological polar surface area (TPSA) is 78.4 Å². The summed E-state index contributed by atoms with van der Waals surface area (Å²) in [5, 5.41) is 13.7. The standard InChI is InChI=1S/C8H12N2O3/c11-7(12)3-5-9-6-2-1-4-10-8(6)13/h3,5-6,9H,1-2,4H2,(H,10,13)(H,11,12)/b5-3+. The first kappa shape index (κ1) is 9.57. The van der Waals surface area contributed by atoms with Crippen LogP contribution in [0.4, 0.5) is 0 Å². The molecule has 0 aliphatic carbocycles. The van der Waals surface area contributed by atoms with E-state index in [1.807, 2.05) is 0 Å². The van der Waals surface area contributed by atoms with E-state index in [1.165, 1.54) is 6.20 Å². The summed E-state index contributed by atoms with van der Waals surface area (Å²) in [5.41, 5.74) is 0. The van der Waals surface area contributed by atoms with Gasteiger partial charge in [0.25, 0.3) is 0 Å². The average Bonchev–Trinajstić information content (AvgIpc) is 2.08. The Bertz CT molecular complexity index is 238. The van der Waals surface area contributed by atoms with Crippen molar-refractivity contribution < 1.29 is 14.7 Å². The molecule has 5 nitrogen and oxygen atoms in total. The van der Waals surface area contributed by atoms with Gasteiger partial charge in [0.2, 0.25) is 5.91 Å². The normalized spacial score (nSPS) is 22.8. The van der Waals surface area contributed by atoms with Crippen molar-refractivity contribution in [3.8, 4) is 0 Å². The Morgan fingerprint density at radius 2 is 2.46 bits per heavy atom. The molecule has 0 aromatic carbocycles. The Morgan fingerprint density at radius 1 is 1.69 bits per heavy atom. The molecule has 5 heteroatoms. The Morgan fingerprint density at radius 3 is 3.08 bits per heavy atom. The lowest BCUT2D eigenvalue weighted by atomic mass is 10.1. The molecular weight excluding hydrogens is 172 g/mol. The zero-order chi connectivity index (χ0) is 9.68. The van der Waals surface area contributed by atoms with Gasteiger partial charge in [-0.2, -0.15) is 0 Å². The fourth-order valence-corrected chi connectivity index (χ4v) is 1.17. The number of carboxylic acid groups (broad SMARTS) is 1. The van der Waals surface area contributed by atoms with Crippen LogP contribution in [0.25, 0.3) is 0 Å². The number of nitrogens with one attached hydrogen (secondary N) is 2. The van der Waals surface area contributed by atoms with Gasteiger partial charge >= 0.3 is 5.97 Å². The van der Waals surface area contributed by atoms with Crippen molar-refractivity contribution in [3.63, 3.8) is 0 Å². The van der Waals surface area contributed by atoms with Crippen molar-refractivity contribution in [2.45, 2.75) is 18.9 Å². The minimum atomic E-state index is -1.02. The van der Waals surface area contributed by atoms with Crippen LogP contribution >= 0.6 is 0 Å². The predicted octanol–water partition coefficient (Wildman–Crippen LogP) is -0.547. The van der Waals surface area contributed by atoms with Crippen LogP contribution in [0.3, 0.4) is 0 Å². The van der Waals surface area contributed by atoms with Crippen molar-refractivity contribution in [3.05, 3.63) is 12.3 Å². The van der Waals surface area contributed by atoms with Crippen LogP contribution in [0.5, 0.6) is 0 Å². The lowest BCUT2D eigenvalue weighted by Crippen LogP contribution is -2.46. The number of aliphatic carboxylic acids is 1. The largest absolute Gasteiger partial charge is 0.478 e. The predicted molar refractivity (Wildman–Crippen MR) is 45.9 cm³/mol. The van der Waals surface area contributed by atoms with Gasteiger partial charge in [-0.05, 0) is 12.8 Å². The molecule has 0 aromatic heterocycles. The van der Waals surface area contributed by atoms with Gasteiger partial charge in [-0.1, -0.05) is 0 Å². The summed E-state index contributed by atoms with van der Waals surface area (Å²) < 4.78 is 0. The van der Waals surface area contributed by atoms with Gasteiger partial charge in [0.05, 0.1) is 0 Å². The van der Waals surface area contributed by atoms with Gasteiger partial charge in [0.1, 0.15) is 6.04 Å². The van der Waals surface area contributed by atoms with E-state index in [1.54, 1.807) is 0 Å². The second-order valence-electron chi connectivity index (χ2n) is 2.82. The minimum Gasteiger partial charge on any atom is -0.478 e. The van der Waals surface area contributed by atoms with E-state index >= 15 is 0 Å². The number of rotatable bonds is 3. The van der Waals surface area contributed by atoms with Gasteiger partial charge in [0.15, 0.2) is 0 Å². The third kappa shape index (κ3) is 3.14. The third-order valence-electron chi connectivity index (χ3n) is 1.81. The first-order valence-corrected chi connectivity index (χ1v) is 4.13. The molecule has 1 heterocycles. The zero-order valence-electron chi connectivity index (χ0n) is 7.12. The molecule has 1 rings (SSSR count). The Hall–Kier alpha value is -1.52. The van der Waals surface area contributed by atoms with Crippen LogP contribution in [0.1, 0.15) is 12.8 Å². The number of amides is 1. The van der Waals surface area contributed by atoms with Crippen molar-refractivity contribution in [1.29, 1.82) is 0 Å². The van der Waals surface area contributed by atoms with Crippen LogP contribution < -0.4 is 10.6 Å². The molecule has 1 fully saturated rings. The van der Waals surface area contributed by atoms with Crippen molar-refractivity contribution in [2.24, 2.45) is 0 Å². The highest BCUT2D eigenvalue weighted by atomic mass is 16.4. The Labute approximate surface area is 75.8 Å². The van der Waals surface area contributed by atoms with Gasteiger partial charge in [-0.15, -0.1) is 0 Å². The summed E-state index contributed by atoms with van der Waals surface area (Å²) >= 11 is 0. The summed E-state index contributed by atoms with van der Waals surface area (Å²) in [6.07, 6.45) is 3.93. The van der Waals surface area contributed by atoms with E-state index in [4.69, 9.17) is 5.11 Å². The van der Waals surface area contributed by atoms with E-state index < -0.39 is 5.97 Å². The summed E-state index contributed by atoms with van der Waals surface area (Å²) in [6.45, 7) is 0.708. The highest BCUT2D eigenvalue weighted by Crippen LogP contribution is 2.02. The molecule has 1 aliphatic heterocycles. The number of carboxylic acids is 1. The second-order valence-corrected chi connectivity index (χ2v) is 2.82. The second kappa shape index (κ2) is 4.49. The highest BCUT2D eigenvalue weighted by Gasteiger charge is 2.19. The third-order valence-corrected chi connectivity index (χ3v) is 1.81. The molecule has 0 bridgehead atoms. The number of carbonyl (C=O) groups excluding carboxylic acids is 1. The molecule has 1 atom stereocenters. The molecule has 1 unspecified atom stereocenters. The fraction of sp³-hybridized carbons (Fsp3) is 0.500. The maximum atomic E-state index is 11.1. The highest BCUT2D eigenvalue weighted by molar-refractivity contribution is 5.83. The van der Waals surface area contributed by atoms with Crippen LogP contribution in [0.2, 0.25) is 0 Å². The van der Waals surface area contributed by atoms with Crippen molar-refractivity contribution in [2.75, 3.05) is 6.54 Å². The fourth-order valence-electron chi connectivity index (χ4n) is 1.17. The monoisotopic (exact) mass is 184 g/mol. The van der Waals surface area contributed by atoms with Gasteiger partial charge in [0, 0.05) is 18.8 Å². The summed E-state index contributed by atoms with van der Waals surface area (Å²) in [4.78, 5) is 21.2. The van der Waals surface area contributed by atoms with Crippen molar-refractivity contribution >= 4 is 11.9 Å². The van der Waals surface area contributed by atoms with E-state index in [0.29, 0.717) is 6.54 Å². The SMILES string of the molecule is O=C(O)/C=C/NC1CCCNC1=O. The minimum absolute atomic E-state index is 0.0683. The summed E-state index contributed by atoms with van der Waals surface area (Å²) in [7, 11) is 0. The molecule has 13 heavy (non-hydrogen) atoms. The van der Waals surface area contributed by atoms with Crippen molar-refractivity contribution in [1.82, 2.24) is 10.6 Å². The van der Waals surface area contributed by atoms with Gasteiger partial charge in [-0.3, -0.25) is 4.79 Å². The maximum absolute atomic E-state index is 11.1. The first-order chi connectivity index (χ1) is 6.20. The summed E-state index contributed by atoms with van der Waals surface area (Å²) in [6, 6.07) is -0.288. The molecule has 1 amide bonds. The Balaban J connectivity index is 2.34. The molecule has 72 valence electrons. The number of carbonyl (C=O) groups is 2. The van der Waals surface area contributed by atoms with E-state index in [-0.39, 0.29) is 11.9 Å². The van der Waals surface area contributed by atoms with Crippen LogP contribution in [-0.4, -0.2) is 29.6 Å². The maximum Gasteiger partial charge on any atom is 0.329 e. The Kier molecular flexibility index (Phi) is 3.31. The van der Waals surface area contributed by atoms with Crippen LogP contribution in [-0.2, 0) is 9.59 Å². The number of hydrogen-bond donors (Lipinski definition) is 3. The lowest BCUT2D eigenvalue weighted by Gasteiger charge is -2.21. The molecule has 3 N–H and O–H groups in total. The average molecular weight is 184 g/mol. The van der Waals surface area contributed by atoms with Crippen LogP contribution in [0.15, 0.2) is 12.3 Å². The van der Waals surface area contributed by atoms with Gasteiger partial charge in [-0.25, -0.2) is 4.79 Å². The van der Waals surface area contributed by atoms with E-state index in [0.717, 1.165) is 18.9 Å². The van der Waals surface area contributed by atoms with Crippen LogP contribution in [0, 0.1) is 0 Å². The zero-order valence-corrected chi connectivity index (χ0v) is 7.12. The quantitative estimate of drug-likeness (QED) is 0.514. The molecule has 0 spiro atoms. The molecule has 0 saturated carbocycles. The lowest BCUT2D eigenvalue weighted by molar-refractivity contribution is -0.131. The van der Waals surface area contributed by atoms with E-state index in [2.05, 4.69) is 10.6 Å². The smallest absolute Gasteiger partial charge is 0.329 e. The first-order valence-electron chi connectivity index (χ1n) is 4.13. The molecule has 1 saturated heterocycles. The summed E-state index contributed by atoms with van der Waals surface area (Å²) in [5.74, 6) is -1.09. The molecule has 0 aromatic rings. The number of piperidine rings is 1. The molecule has 0 radical (unpaired) electrons. The van der Waals surface area contributed by atoms with E-state index in [9.17, 15) is 9.59 Å².